The normalized spacial score (nSPS) is 10.8. The number of anilines is 1. The predicted octanol–water partition coefficient (Wildman–Crippen LogP) is 2.82. The number of amides is 1. The summed E-state index contributed by atoms with van der Waals surface area (Å²) in [6.07, 6.45) is 2.00. The lowest BCUT2D eigenvalue weighted by atomic mass is 10.1. The molecule has 0 aliphatic carbocycles. The first kappa shape index (κ1) is 18.1. The van der Waals surface area contributed by atoms with Gasteiger partial charge in [-0.25, -0.2) is 9.67 Å². The van der Waals surface area contributed by atoms with Gasteiger partial charge in [-0.05, 0) is 38.8 Å². The molecule has 3 rings (SSSR count). The fourth-order valence-corrected chi connectivity index (χ4v) is 3.51. The Labute approximate surface area is 157 Å². The number of para-hydroxylation sites is 1. The molecule has 6 nitrogen and oxygen atoms in total. The number of aryl methyl sites for hydroxylation is 2. The molecule has 3 N–H and O–H groups in total. The first-order chi connectivity index (χ1) is 12.5. The molecule has 0 aliphatic heterocycles. The SMILES string of the molecule is Cc1nn(-c2ccccc2)c(C)c1CC(=O)NCCCc1csc(N)n1. The summed E-state index contributed by atoms with van der Waals surface area (Å²) in [5, 5.41) is 10.1. The molecule has 0 unspecified atom stereocenters. The zero-order valence-corrected chi connectivity index (χ0v) is 15.8. The number of nitrogens with one attached hydrogen (secondary N) is 1. The van der Waals surface area contributed by atoms with E-state index in [0.717, 1.165) is 41.2 Å². The van der Waals surface area contributed by atoms with Crippen LogP contribution in [-0.2, 0) is 17.6 Å². The van der Waals surface area contributed by atoms with Crippen molar-refractivity contribution < 1.29 is 4.79 Å². The number of rotatable bonds is 7. The van der Waals surface area contributed by atoms with Gasteiger partial charge in [0.2, 0.25) is 5.91 Å². The van der Waals surface area contributed by atoms with Crippen LogP contribution in [0.25, 0.3) is 5.69 Å². The average Bonchev–Trinajstić information content (AvgIpc) is 3.17. The number of nitrogens with two attached hydrogens (primary N) is 1. The van der Waals surface area contributed by atoms with E-state index in [-0.39, 0.29) is 5.91 Å². The summed E-state index contributed by atoms with van der Waals surface area (Å²) in [6.45, 7) is 4.57. The van der Waals surface area contributed by atoms with Crippen LogP contribution in [0, 0.1) is 13.8 Å². The Kier molecular flexibility index (Phi) is 5.68. The number of hydrogen-bond acceptors (Lipinski definition) is 5. The summed E-state index contributed by atoms with van der Waals surface area (Å²) in [4.78, 5) is 16.5. The van der Waals surface area contributed by atoms with E-state index in [4.69, 9.17) is 5.73 Å². The Balaban J connectivity index is 1.55. The van der Waals surface area contributed by atoms with Crippen molar-refractivity contribution in [2.24, 2.45) is 0 Å². The van der Waals surface area contributed by atoms with Gasteiger partial charge in [0.25, 0.3) is 0 Å². The molecule has 0 atom stereocenters. The molecule has 0 spiro atoms. The van der Waals surface area contributed by atoms with E-state index in [2.05, 4.69) is 15.4 Å². The maximum Gasteiger partial charge on any atom is 0.224 e. The van der Waals surface area contributed by atoms with Crippen LogP contribution in [0.5, 0.6) is 0 Å². The maximum absolute atomic E-state index is 12.3. The Hall–Kier alpha value is -2.67. The van der Waals surface area contributed by atoms with Crippen LogP contribution in [0.3, 0.4) is 0 Å². The van der Waals surface area contributed by atoms with E-state index < -0.39 is 0 Å². The molecule has 1 amide bonds. The summed E-state index contributed by atoms with van der Waals surface area (Å²) in [7, 11) is 0. The first-order valence-corrected chi connectivity index (χ1v) is 9.49. The Morgan fingerprint density at radius 2 is 2.04 bits per heavy atom. The summed E-state index contributed by atoms with van der Waals surface area (Å²) in [6, 6.07) is 9.95. The van der Waals surface area contributed by atoms with Crippen molar-refractivity contribution in [3.8, 4) is 5.69 Å². The number of carbonyl (C=O) groups is 1. The van der Waals surface area contributed by atoms with Crippen molar-refractivity contribution in [2.75, 3.05) is 12.3 Å². The van der Waals surface area contributed by atoms with E-state index in [9.17, 15) is 4.79 Å². The average molecular weight is 369 g/mol. The molecule has 26 heavy (non-hydrogen) atoms. The van der Waals surface area contributed by atoms with Gasteiger partial charge in [-0.3, -0.25) is 4.79 Å². The Morgan fingerprint density at radius 3 is 2.73 bits per heavy atom. The number of nitrogens with zero attached hydrogens (tertiary/aromatic N) is 3. The monoisotopic (exact) mass is 369 g/mol. The van der Waals surface area contributed by atoms with Gasteiger partial charge in [0, 0.05) is 23.2 Å². The van der Waals surface area contributed by atoms with Crippen LogP contribution < -0.4 is 11.1 Å². The minimum atomic E-state index is 0.0154. The van der Waals surface area contributed by atoms with Crippen LogP contribution in [0.2, 0.25) is 0 Å². The van der Waals surface area contributed by atoms with Crippen molar-refractivity contribution in [3.05, 3.63) is 58.4 Å². The highest BCUT2D eigenvalue weighted by Crippen LogP contribution is 2.18. The predicted molar refractivity (Wildman–Crippen MR) is 105 cm³/mol. The van der Waals surface area contributed by atoms with Crippen LogP contribution in [0.15, 0.2) is 35.7 Å². The van der Waals surface area contributed by atoms with Crippen molar-refractivity contribution >= 4 is 22.4 Å². The van der Waals surface area contributed by atoms with Crippen molar-refractivity contribution in [2.45, 2.75) is 33.1 Å². The van der Waals surface area contributed by atoms with Gasteiger partial charge < -0.3 is 11.1 Å². The molecule has 0 saturated heterocycles. The summed E-state index contributed by atoms with van der Waals surface area (Å²) in [5.74, 6) is 0.0154. The molecule has 3 aromatic rings. The molecule has 0 bridgehead atoms. The van der Waals surface area contributed by atoms with Gasteiger partial charge in [-0.1, -0.05) is 18.2 Å². The van der Waals surface area contributed by atoms with E-state index in [0.29, 0.717) is 18.1 Å². The standard InChI is InChI=1S/C19H23N5OS/c1-13-17(14(2)24(23-13)16-8-4-3-5-9-16)11-18(25)21-10-6-7-15-12-26-19(20)22-15/h3-5,8-9,12H,6-7,10-11H2,1-2H3,(H2,20,22)(H,21,25). The Morgan fingerprint density at radius 1 is 1.27 bits per heavy atom. The second kappa shape index (κ2) is 8.14. The highest BCUT2D eigenvalue weighted by atomic mass is 32.1. The number of nitrogen functional groups attached to an aromatic ring is 1. The maximum atomic E-state index is 12.3. The number of benzene rings is 1. The lowest BCUT2D eigenvalue weighted by Gasteiger charge is -2.06. The number of aromatic nitrogens is 3. The second-order valence-corrected chi connectivity index (χ2v) is 7.09. The Bertz CT molecular complexity index is 885. The summed E-state index contributed by atoms with van der Waals surface area (Å²) in [5.41, 5.74) is 10.5. The molecule has 2 heterocycles. The summed E-state index contributed by atoms with van der Waals surface area (Å²) >= 11 is 1.44. The fraction of sp³-hybridized carbons (Fsp3) is 0.316. The van der Waals surface area contributed by atoms with Crippen LogP contribution in [0.4, 0.5) is 5.13 Å². The van der Waals surface area contributed by atoms with E-state index in [1.54, 1.807) is 0 Å². The largest absolute Gasteiger partial charge is 0.375 e. The summed E-state index contributed by atoms with van der Waals surface area (Å²) < 4.78 is 1.89. The van der Waals surface area contributed by atoms with Crippen LogP contribution in [-0.4, -0.2) is 27.2 Å². The highest BCUT2D eigenvalue weighted by molar-refractivity contribution is 7.13. The smallest absolute Gasteiger partial charge is 0.224 e. The molecule has 136 valence electrons. The van der Waals surface area contributed by atoms with Crippen molar-refractivity contribution in [1.82, 2.24) is 20.1 Å². The van der Waals surface area contributed by atoms with Gasteiger partial charge in [0.05, 0.1) is 23.5 Å². The third-order valence-corrected chi connectivity index (χ3v) is 5.00. The first-order valence-electron chi connectivity index (χ1n) is 8.61. The molecule has 0 saturated carbocycles. The minimum Gasteiger partial charge on any atom is -0.375 e. The number of thiazole rings is 1. The molecule has 2 aromatic heterocycles. The van der Waals surface area contributed by atoms with Crippen LogP contribution in [0.1, 0.15) is 29.1 Å². The van der Waals surface area contributed by atoms with Gasteiger partial charge in [-0.2, -0.15) is 5.10 Å². The lowest BCUT2D eigenvalue weighted by molar-refractivity contribution is -0.120. The quantitative estimate of drug-likeness (QED) is 0.627. The third-order valence-electron chi connectivity index (χ3n) is 4.28. The van der Waals surface area contributed by atoms with Gasteiger partial charge >= 0.3 is 0 Å². The second-order valence-electron chi connectivity index (χ2n) is 6.20. The number of hydrogen-bond donors (Lipinski definition) is 2. The molecule has 1 aromatic carbocycles. The van der Waals surface area contributed by atoms with Gasteiger partial charge in [0.15, 0.2) is 5.13 Å². The molecule has 7 heteroatoms. The third kappa shape index (κ3) is 4.29. The van der Waals surface area contributed by atoms with Crippen molar-refractivity contribution in [1.29, 1.82) is 0 Å². The number of carbonyl (C=O) groups excluding carboxylic acids is 1. The van der Waals surface area contributed by atoms with E-state index in [1.165, 1.54) is 11.3 Å². The fourth-order valence-electron chi connectivity index (χ4n) is 2.91. The van der Waals surface area contributed by atoms with Gasteiger partial charge in [-0.15, -0.1) is 11.3 Å². The molecule has 0 aliphatic rings. The van der Waals surface area contributed by atoms with Crippen molar-refractivity contribution in [3.63, 3.8) is 0 Å². The zero-order chi connectivity index (χ0) is 18.5. The highest BCUT2D eigenvalue weighted by Gasteiger charge is 2.15. The minimum absolute atomic E-state index is 0.0154. The molecule has 0 fully saturated rings. The van der Waals surface area contributed by atoms with E-state index in [1.807, 2.05) is 54.2 Å². The molecular weight excluding hydrogens is 346 g/mol. The topological polar surface area (TPSA) is 85.8 Å². The molecular formula is C19H23N5OS. The van der Waals surface area contributed by atoms with Gasteiger partial charge in [0.1, 0.15) is 0 Å². The lowest BCUT2D eigenvalue weighted by Crippen LogP contribution is -2.26. The zero-order valence-electron chi connectivity index (χ0n) is 15.0. The molecule has 0 radical (unpaired) electrons. The van der Waals surface area contributed by atoms with E-state index >= 15 is 0 Å². The van der Waals surface area contributed by atoms with Crippen LogP contribution >= 0.6 is 11.3 Å².